The highest BCUT2D eigenvalue weighted by Gasteiger charge is 2.29. The number of anilines is 1. The number of halogens is 2. The number of carbonyl (C=O) groups excluding carboxylic acids is 1. The fourth-order valence-corrected chi connectivity index (χ4v) is 5.09. The van der Waals surface area contributed by atoms with Crippen LogP contribution in [-0.4, -0.2) is 65.1 Å². The highest BCUT2D eigenvalue weighted by molar-refractivity contribution is 7.89. The molecule has 1 aliphatic rings. The molecule has 0 bridgehead atoms. The van der Waals surface area contributed by atoms with Crippen molar-refractivity contribution in [3.63, 3.8) is 0 Å². The molecule has 0 unspecified atom stereocenters. The third kappa shape index (κ3) is 4.35. The van der Waals surface area contributed by atoms with Crippen molar-refractivity contribution in [2.75, 3.05) is 31.6 Å². The van der Waals surface area contributed by atoms with Crippen LogP contribution in [0.5, 0.6) is 0 Å². The number of carbonyl (C=O) groups is 1. The number of morpholine rings is 1. The Morgan fingerprint density at radius 1 is 1.19 bits per heavy atom. The highest BCUT2D eigenvalue weighted by Crippen LogP contribution is 2.27. The summed E-state index contributed by atoms with van der Waals surface area (Å²) in [5, 5.41) is 13.6. The van der Waals surface area contributed by atoms with E-state index in [9.17, 15) is 17.6 Å². The summed E-state index contributed by atoms with van der Waals surface area (Å²) in [6.45, 7) is 2.57. The molecule has 2 heterocycles. The van der Waals surface area contributed by atoms with Gasteiger partial charge < -0.3 is 10.1 Å². The van der Waals surface area contributed by atoms with Gasteiger partial charge in [0.25, 0.3) is 5.91 Å². The number of nitrogens with zero attached hydrogens (tertiary/aromatic N) is 5. The lowest BCUT2D eigenvalue weighted by molar-refractivity contribution is 0.0730. The zero-order chi connectivity index (χ0) is 22.9. The summed E-state index contributed by atoms with van der Waals surface area (Å²) in [7, 11) is -3.90. The standard InChI is InChI=1S/C19H18ClFN6O4S/c1-12-23-24-25-27(12)17-11-14(3-5-16(17)21)22-19(28)13-2-4-15(20)18(10-13)32(29,30)26-6-8-31-9-7-26/h2-5,10-11H,6-9H2,1H3,(H,22,28). The van der Waals surface area contributed by atoms with E-state index in [4.69, 9.17) is 16.3 Å². The molecule has 4 rings (SSSR count). The molecule has 0 radical (unpaired) electrons. The Labute approximate surface area is 188 Å². The van der Waals surface area contributed by atoms with Gasteiger partial charge in [-0.15, -0.1) is 5.10 Å². The third-order valence-corrected chi connectivity index (χ3v) is 7.22. The van der Waals surface area contributed by atoms with Gasteiger partial charge in [-0.2, -0.15) is 8.99 Å². The van der Waals surface area contributed by atoms with Crippen LogP contribution in [0.4, 0.5) is 10.1 Å². The molecule has 1 fully saturated rings. The topological polar surface area (TPSA) is 119 Å². The first kappa shape index (κ1) is 22.3. The molecule has 0 aliphatic carbocycles. The maximum atomic E-state index is 14.3. The first-order valence-corrected chi connectivity index (χ1v) is 11.3. The summed E-state index contributed by atoms with van der Waals surface area (Å²) in [5.74, 6) is -0.807. The van der Waals surface area contributed by atoms with E-state index < -0.39 is 21.7 Å². The van der Waals surface area contributed by atoms with E-state index in [2.05, 4.69) is 20.8 Å². The summed E-state index contributed by atoms with van der Waals surface area (Å²) in [5.41, 5.74) is 0.400. The van der Waals surface area contributed by atoms with E-state index in [0.29, 0.717) is 5.82 Å². The molecule has 3 aromatic rings. The fraction of sp³-hybridized carbons (Fsp3) is 0.263. The van der Waals surface area contributed by atoms with Crippen LogP contribution >= 0.6 is 11.6 Å². The predicted octanol–water partition coefficient (Wildman–Crippen LogP) is 2.04. The molecule has 1 saturated heterocycles. The van der Waals surface area contributed by atoms with E-state index >= 15 is 0 Å². The SMILES string of the molecule is Cc1nnnn1-c1cc(NC(=O)c2ccc(Cl)c(S(=O)(=O)N3CCOCC3)c2)ccc1F. The Hall–Kier alpha value is -2.93. The van der Waals surface area contributed by atoms with E-state index in [-0.39, 0.29) is 53.2 Å². The molecular weight excluding hydrogens is 463 g/mol. The number of aromatic nitrogens is 4. The Balaban J connectivity index is 1.61. The monoisotopic (exact) mass is 480 g/mol. The summed E-state index contributed by atoms with van der Waals surface area (Å²) in [6, 6.07) is 7.90. The Morgan fingerprint density at radius 2 is 1.94 bits per heavy atom. The van der Waals surface area contributed by atoms with Crippen molar-refractivity contribution in [1.29, 1.82) is 0 Å². The van der Waals surface area contributed by atoms with Crippen LogP contribution < -0.4 is 5.32 Å². The minimum absolute atomic E-state index is 0.00580. The van der Waals surface area contributed by atoms with E-state index in [1.54, 1.807) is 6.92 Å². The van der Waals surface area contributed by atoms with Gasteiger partial charge in [-0.25, -0.2) is 12.8 Å². The van der Waals surface area contributed by atoms with E-state index in [1.807, 2.05) is 0 Å². The highest BCUT2D eigenvalue weighted by atomic mass is 35.5. The third-order valence-electron chi connectivity index (χ3n) is 4.84. The molecule has 13 heteroatoms. The van der Waals surface area contributed by atoms with Crippen molar-refractivity contribution in [3.05, 3.63) is 58.6 Å². The minimum atomic E-state index is -3.90. The lowest BCUT2D eigenvalue weighted by Crippen LogP contribution is -2.40. The summed E-state index contributed by atoms with van der Waals surface area (Å²) in [6.07, 6.45) is 0. The van der Waals surface area contributed by atoms with E-state index in [1.165, 1.54) is 45.4 Å². The number of nitrogens with one attached hydrogen (secondary N) is 1. The number of hydrogen-bond acceptors (Lipinski definition) is 7. The Morgan fingerprint density at radius 3 is 2.62 bits per heavy atom. The average Bonchev–Trinajstić information content (AvgIpc) is 3.21. The number of aryl methyl sites for hydroxylation is 1. The second-order valence-electron chi connectivity index (χ2n) is 6.92. The molecule has 32 heavy (non-hydrogen) atoms. The maximum absolute atomic E-state index is 14.3. The normalized spacial score (nSPS) is 15.0. The summed E-state index contributed by atoms with van der Waals surface area (Å²) >= 11 is 6.14. The number of amides is 1. The molecule has 0 atom stereocenters. The zero-order valence-electron chi connectivity index (χ0n) is 16.8. The Kier molecular flexibility index (Phi) is 6.20. The molecular formula is C19H18ClFN6O4S. The number of hydrogen-bond donors (Lipinski definition) is 1. The number of sulfonamides is 1. The largest absolute Gasteiger partial charge is 0.379 e. The minimum Gasteiger partial charge on any atom is -0.379 e. The molecule has 1 aliphatic heterocycles. The molecule has 1 N–H and O–H groups in total. The number of tetrazole rings is 1. The van der Waals surface area contributed by atoms with Crippen LogP contribution in [0.2, 0.25) is 5.02 Å². The molecule has 10 nitrogen and oxygen atoms in total. The van der Waals surface area contributed by atoms with Crippen molar-refractivity contribution >= 4 is 33.2 Å². The molecule has 1 amide bonds. The predicted molar refractivity (Wildman–Crippen MR) is 113 cm³/mol. The number of ether oxygens (including phenoxy) is 1. The Bertz CT molecular complexity index is 1280. The molecule has 168 valence electrons. The van der Waals surface area contributed by atoms with Crippen LogP contribution in [0.15, 0.2) is 41.3 Å². The number of benzene rings is 2. The van der Waals surface area contributed by atoms with E-state index in [0.717, 1.165) is 0 Å². The van der Waals surface area contributed by atoms with Gasteiger partial charge in [0.15, 0.2) is 5.82 Å². The van der Waals surface area contributed by atoms with Crippen LogP contribution in [0.25, 0.3) is 5.69 Å². The first-order chi connectivity index (χ1) is 15.3. The van der Waals surface area contributed by atoms with Crippen molar-refractivity contribution in [3.8, 4) is 5.69 Å². The van der Waals surface area contributed by atoms with Crippen LogP contribution in [0.3, 0.4) is 0 Å². The van der Waals surface area contributed by atoms with Gasteiger partial charge in [-0.1, -0.05) is 11.6 Å². The number of rotatable bonds is 5. The summed E-state index contributed by atoms with van der Waals surface area (Å²) in [4.78, 5) is 12.6. The van der Waals surface area contributed by atoms with Crippen LogP contribution in [-0.2, 0) is 14.8 Å². The lowest BCUT2D eigenvalue weighted by Gasteiger charge is -2.26. The van der Waals surface area contributed by atoms with Gasteiger partial charge in [0.2, 0.25) is 10.0 Å². The first-order valence-electron chi connectivity index (χ1n) is 9.51. The van der Waals surface area contributed by atoms with Gasteiger partial charge in [0.05, 0.1) is 18.2 Å². The van der Waals surface area contributed by atoms with Gasteiger partial charge in [-0.3, -0.25) is 4.79 Å². The van der Waals surface area contributed by atoms with Crippen LogP contribution in [0, 0.1) is 12.7 Å². The van der Waals surface area contributed by atoms with Gasteiger partial charge in [-0.05, 0) is 53.7 Å². The maximum Gasteiger partial charge on any atom is 0.255 e. The lowest BCUT2D eigenvalue weighted by atomic mass is 10.2. The van der Waals surface area contributed by atoms with Crippen LogP contribution in [0.1, 0.15) is 16.2 Å². The molecule has 2 aromatic carbocycles. The summed E-state index contributed by atoms with van der Waals surface area (Å²) < 4.78 is 47.9. The molecule has 0 spiro atoms. The van der Waals surface area contributed by atoms with Gasteiger partial charge in [0, 0.05) is 24.3 Å². The van der Waals surface area contributed by atoms with Gasteiger partial charge >= 0.3 is 0 Å². The zero-order valence-corrected chi connectivity index (χ0v) is 18.4. The van der Waals surface area contributed by atoms with Crippen molar-refractivity contribution in [1.82, 2.24) is 24.5 Å². The second kappa shape index (κ2) is 8.90. The fourth-order valence-electron chi connectivity index (χ4n) is 3.18. The van der Waals surface area contributed by atoms with Crippen molar-refractivity contribution < 1.29 is 22.3 Å². The molecule has 1 aromatic heterocycles. The van der Waals surface area contributed by atoms with Crippen molar-refractivity contribution in [2.24, 2.45) is 0 Å². The van der Waals surface area contributed by atoms with Crippen molar-refractivity contribution in [2.45, 2.75) is 11.8 Å². The smallest absolute Gasteiger partial charge is 0.255 e. The second-order valence-corrected chi connectivity index (χ2v) is 9.23. The quantitative estimate of drug-likeness (QED) is 0.593. The molecule has 0 saturated carbocycles. The average molecular weight is 481 g/mol. The van der Waals surface area contributed by atoms with Gasteiger partial charge in [0.1, 0.15) is 16.4 Å².